The molecule has 246 valence electrons. The van der Waals surface area contributed by atoms with Gasteiger partial charge in [-0.15, -0.1) is 0 Å². The molecule has 0 saturated carbocycles. The van der Waals surface area contributed by atoms with Gasteiger partial charge in [0.2, 0.25) is 17.7 Å². The molecule has 11 nitrogen and oxygen atoms in total. The van der Waals surface area contributed by atoms with E-state index in [9.17, 15) is 29.1 Å². The molecule has 0 fully saturated rings. The summed E-state index contributed by atoms with van der Waals surface area (Å²) < 4.78 is 5.82. The Hall–Kier alpha value is -4.25. The van der Waals surface area contributed by atoms with E-state index in [-0.39, 0.29) is 18.3 Å². The van der Waals surface area contributed by atoms with E-state index in [1.807, 2.05) is 39.8 Å². The third kappa shape index (κ3) is 11.6. The normalized spacial score (nSPS) is 15.2. The van der Waals surface area contributed by atoms with Crippen LogP contribution in [-0.4, -0.2) is 59.0 Å². The lowest BCUT2D eigenvalue weighted by atomic mass is 9.84. The fourth-order valence-corrected chi connectivity index (χ4v) is 5.06. The predicted molar refractivity (Wildman–Crippen MR) is 171 cm³/mol. The number of carbonyl (C=O) groups excluding carboxylic acids is 4. The van der Waals surface area contributed by atoms with Crippen molar-refractivity contribution in [2.45, 2.75) is 96.4 Å². The standard InChI is InChI=1S/C34H48N4O7/c1-5-7-14-22(4)26(45-34(44)30(36)21(3)6-2)20-28(40)38-31(32(41)37-25(33(42)43)19-27(35)39)29(23-15-10-8-11-16-23)24-17-12-9-13-18-24/h8-13,15-18,21-22,25-26,29-31H,5-7,14,19-20,36H2,1-4H3,(H2,35,39)(H,37,41)(H,38,40)(H,42,43)/t21-,22-,25-,26-,30+,31-/m0/s1. The highest BCUT2D eigenvalue weighted by Gasteiger charge is 2.36. The molecule has 0 aliphatic carbocycles. The Kier molecular flexibility index (Phi) is 15.2. The maximum absolute atomic E-state index is 13.9. The van der Waals surface area contributed by atoms with Crippen molar-refractivity contribution in [1.82, 2.24) is 10.6 Å². The summed E-state index contributed by atoms with van der Waals surface area (Å²) in [5.41, 5.74) is 12.7. The van der Waals surface area contributed by atoms with Crippen molar-refractivity contribution in [2.24, 2.45) is 23.3 Å². The molecule has 0 aliphatic heterocycles. The number of unbranched alkanes of at least 4 members (excludes halogenated alkanes) is 1. The van der Waals surface area contributed by atoms with E-state index in [2.05, 4.69) is 10.6 Å². The first-order chi connectivity index (χ1) is 21.4. The van der Waals surface area contributed by atoms with E-state index in [0.29, 0.717) is 24.0 Å². The molecule has 0 saturated heterocycles. The number of hydrogen-bond acceptors (Lipinski definition) is 7. The molecule has 7 N–H and O–H groups in total. The number of amides is 3. The summed E-state index contributed by atoms with van der Waals surface area (Å²) in [4.78, 5) is 64.0. The second-order valence-electron chi connectivity index (χ2n) is 11.6. The monoisotopic (exact) mass is 624 g/mol. The first kappa shape index (κ1) is 36.9. The van der Waals surface area contributed by atoms with Crippen LogP contribution in [0.15, 0.2) is 60.7 Å². The number of nitrogens with one attached hydrogen (secondary N) is 2. The number of hydrogen-bond donors (Lipinski definition) is 5. The van der Waals surface area contributed by atoms with Gasteiger partial charge in [0.1, 0.15) is 24.2 Å². The minimum absolute atomic E-state index is 0.119. The van der Waals surface area contributed by atoms with Crippen LogP contribution >= 0.6 is 0 Å². The number of aliphatic carboxylic acids is 1. The van der Waals surface area contributed by atoms with E-state index in [1.165, 1.54) is 0 Å². The predicted octanol–water partition coefficient (Wildman–Crippen LogP) is 3.25. The largest absolute Gasteiger partial charge is 0.480 e. The van der Waals surface area contributed by atoms with Crippen LogP contribution in [0.5, 0.6) is 0 Å². The first-order valence-electron chi connectivity index (χ1n) is 15.6. The molecule has 0 unspecified atom stereocenters. The van der Waals surface area contributed by atoms with Gasteiger partial charge in [0.15, 0.2) is 0 Å². The first-order valence-corrected chi connectivity index (χ1v) is 15.6. The fourth-order valence-electron chi connectivity index (χ4n) is 5.06. The van der Waals surface area contributed by atoms with Gasteiger partial charge in [0.25, 0.3) is 0 Å². The van der Waals surface area contributed by atoms with Crippen LogP contribution in [0, 0.1) is 11.8 Å². The fraction of sp³-hybridized carbons (Fsp3) is 0.500. The number of carboxylic acids is 1. The van der Waals surface area contributed by atoms with Gasteiger partial charge in [-0.3, -0.25) is 19.2 Å². The number of nitrogens with two attached hydrogens (primary N) is 2. The number of esters is 1. The van der Waals surface area contributed by atoms with Gasteiger partial charge in [-0.2, -0.15) is 0 Å². The number of carboxylic acid groups (broad SMARTS) is 1. The van der Waals surface area contributed by atoms with Gasteiger partial charge in [0.05, 0.1) is 12.8 Å². The second-order valence-corrected chi connectivity index (χ2v) is 11.6. The zero-order valence-corrected chi connectivity index (χ0v) is 26.6. The average molecular weight is 625 g/mol. The molecule has 0 radical (unpaired) electrons. The van der Waals surface area contributed by atoms with Gasteiger partial charge in [-0.1, -0.05) is 108 Å². The van der Waals surface area contributed by atoms with Crippen LogP contribution in [0.4, 0.5) is 0 Å². The maximum atomic E-state index is 13.9. The molecule has 3 amide bonds. The third-order valence-corrected chi connectivity index (χ3v) is 8.10. The lowest BCUT2D eigenvalue weighted by molar-refractivity contribution is -0.156. The van der Waals surface area contributed by atoms with E-state index in [0.717, 1.165) is 12.8 Å². The molecule has 45 heavy (non-hydrogen) atoms. The van der Waals surface area contributed by atoms with Crippen LogP contribution in [0.1, 0.15) is 83.3 Å². The Labute approximate surface area is 265 Å². The second kappa shape index (κ2) is 18.5. The zero-order chi connectivity index (χ0) is 33.5. The summed E-state index contributed by atoms with van der Waals surface area (Å²) in [6.07, 6.45) is 1.47. The Bertz CT molecular complexity index is 1220. The number of rotatable bonds is 19. The molecule has 2 aromatic carbocycles. The van der Waals surface area contributed by atoms with E-state index in [4.69, 9.17) is 16.2 Å². The van der Waals surface area contributed by atoms with Gasteiger partial charge in [-0.05, 0) is 29.4 Å². The summed E-state index contributed by atoms with van der Waals surface area (Å²) in [6.45, 7) is 7.72. The van der Waals surface area contributed by atoms with E-state index >= 15 is 0 Å². The lowest BCUT2D eigenvalue weighted by Gasteiger charge is -2.31. The highest BCUT2D eigenvalue weighted by Crippen LogP contribution is 2.29. The molecular formula is C34H48N4O7. The smallest absolute Gasteiger partial charge is 0.326 e. The Morgan fingerprint density at radius 2 is 1.40 bits per heavy atom. The van der Waals surface area contributed by atoms with Crippen LogP contribution in [0.3, 0.4) is 0 Å². The van der Waals surface area contributed by atoms with Crippen molar-refractivity contribution in [3.8, 4) is 0 Å². The number of benzene rings is 2. The topological polar surface area (TPSA) is 191 Å². The maximum Gasteiger partial charge on any atom is 0.326 e. The molecule has 0 spiro atoms. The molecule has 0 aliphatic rings. The molecule has 11 heteroatoms. The van der Waals surface area contributed by atoms with Crippen LogP contribution in [0.25, 0.3) is 0 Å². The van der Waals surface area contributed by atoms with Crippen molar-refractivity contribution in [3.63, 3.8) is 0 Å². The van der Waals surface area contributed by atoms with Crippen molar-refractivity contribution >= 4 is 29.7 Å². The lowest BCUT2D eigenvalue weighted by Crippen LogP contribution is -2.55. The van der Waals surface area contributed by atoms with Gasteiger partial charge in [-0.25, -0.2) is 4.79 Å². The van der Waals surface area contributed by atoms with Crippen LogP contribution in [0.2, 0.25) is 0 Å². The highest BCUT2D eigenvalue weighted by molar-refractivity contribution is 5.93. The van der Waals surface area contributed by atoms with Crippen LogP contribution < -0.4 is 22.1 Å². The van der Waals surface area contributed by atoms with Crippen molar-refractivity contribution in [1.29, 1.82) is 0 Å². The van der Waals surface area contributed by atoms with Crippen LogP contribution in [-0.2, 0) is 28.7 Å². The van der Waals surface area contributed by atoms with E-state index < -0.39 is 66.2 Å². The molecular weight excluding hydrogens is 576 g/mol. The summed E-state index contributed by atoms with van der Waals surface area (Å²) in [5.74, 6) is -5.38. The Morgan fingerprint density at radius 1 is 0.844 bits per heavy atom. The molecule has 2 rings (SSSR count). The summed E-state index contributed by atoms with van der Waals surface area (Å²) >= 11 is 0. The van der Waals surface area contributed by atoms with Gasteiger partial charge < -0.3 is 31.9 Å². The molecule has 0 bridgehead atoms. The van der Waals surface area contributed by atoms with Gasteiger partial charge in [0, 0.05) is 5.92 Å². The summed E-state index contributed by atoms with van der Waals surface area (Å²) in [7, 11) is 0. The minimum Gasteiger partial charge on any atom is -0.480 e. The van der Waals surface area contributed by atoms with Crippen molar-refractivity contribution in [2.75, 3.05) is 0 Å². The molecule has 0 aromatic heterocycles. The highest BCUT2D eigenvalue weighted by atomic mass is 16.5. The molecule has 6 atom stereocenters. The minimum atomic E-state index is -1.61. The van der Waals surface area contributed by atoms with Crippen molar-refractivity contribution in [3.05, 3.63) is 71.8 Å². The number of primary amides is 1. The SMILES string of the molecule is CCCC[C@H](C)[C@H](CC(=O)N[C@H](C(=O)N[C@@H](CC(N)=O)C(=O)O)C(c1ccccc1)c1ccccc1)OC(=O)[C@H](N)[C@@H](C)CC. The zero-order valence-electron chi connectivity index (χ0n) is 26.6. The molecule has 2 aromatic rings. The Morgan fingerprint density at radius 3 is 1.87 bits per heavy atom. The van der Waals surface area contributed by atoms with Crippen molar-refractivity contribution < 1.29 is 33.8 Å². The number of carbonyl (C=O) groups is 5. The third-order valence-electron chi connectivity index (χ3n) is 8.10. The van der Waals surface area contributed by atoms with Gasteiger partial charge >= 0.3 is 11.9 Å². The number of ether oxygens (including phenoxy) is 1. The summed E-state index contributed by atoms with van der Waals surface area (Å²) in [5, 5.41) is 14.9. The Balaban J connectivity index is 2.49. The average Bonchev–Trinajstić information content (AvgIpc) is 3.02. The van der Waals surface area contributed by atoms with E-state index in [1.54, 1.807) is 48.5 Å². The quantitative estimate of drug-likeness (QED) is 0.147. The summed E-state index contributed by atoms with van der Waals surface area (Å²) in [6, 6.07) is 14.2. The molecule has 0 heterocycles.